The van der Waals surface area contributed by atoms with Crippen molar-refractivity contribution in [1.29, 1.82) is 0 Å². The topological polar surface area (TPSA) is 52.8 Å². The molecule has 15 heavy (non-hydrogen) atoms. The molecule has 0 unspecified atom stereocenters. The van der Waals surface area contributed by atoms with Gasteiger partial charge < -0.3 is 10.2 Å². The second-order valence-electron chi connectivity index (χ2n) is 3.45. The van der Waals surface area contributed by atoms with E-state index in [1.54, 1.807) is 18.2 Å². The van der Waals surface area contributed by atoms with Gasteiger partial charge in [0.1, 0.15) is 5.75 Å². The van der Waals surface area contributed by atoms with E-state index in [4.69, 9.17) is 5.11 Å². The van der Waals surface area contributed by atoms with Crippen molar-refractivity contribution in [1.82, 2.24) is 0 Å². The number of unbranched alkanes of at least 4 members (excludes halogenated alkanes) is 1. The Kier molecular flexibility index (Phi) is 4.84. The number of phenolic OH excluding ortho intramolecular Hbond substituents is 1. The molecule has 0 saturated carbocycles. The zero-order valence-electron chi connectivity index (χ0n) is 8.98. The number of nitrogens with zero attached hydrogens (tertiary/aromatic N) is 1. The highest BCUT2D eigenvalue weighted by Crippen LogP contribution is 2.11. The summed E-state index contributed by atoms with van der Waals surface area (Å²) in [6, 6.07) is 7.06. The summed E-state index contributed by atoms with van der Waals surface area (Å²) in [5, 5.41) is 17.9. The van der Waals surface area contributed by atoms with Crippen LogP contribution in [0.15, 0.2) is 29.3 Å². The molecule has 0 spiro atoms. The molecule has 0 radical (unpaired) electrons. The van der Waals surface area contributed by atoms with Gasteiger partial charge in [-0.05, 0) is 37.5 Å². The third-order valence-corrected chi connectivity index (χ3v) is 2.18. The van der Waals surface area contributed by atoms with Crippen LogP contribution in [0.1, 0.15) is 25.3 Å². The van der Waals surface area contributed by atoms with Crippen LogP contribution in [0.4, 0.5) is 0 Å². The van der Waals surface area contributed by atoms with Gasteiger partial charge in [0.05, 0.1) is 0 Å². The summed E-state index contributed by atoms with van der Waals surface area (Å²) in [4.78, 5) is 4.37. The minimum Gasteiger partial charge on any atom is -0.508 e. The van der Waals surface area contributed by atoms with Crippen molar-refractivity contribution in [2.24, 2.45) is 4.99 Å². The Morgan fingerprint density at radius 2 is 2.13 bits per heavy atom. The van der Waals surface area contributed by atoms with E-state index in [2.05, 4.69) is 4.99 Å². The molecule has 3 nitrogen and oxygen atoms in total. The van der Waals surface area contributed by atoms with E-state index >= 15 is 0 Å². The third-order valence-electron chi connectivity index (χ3n) is 2.18. The van der Waals surface area contributed by atoms with E-state index in [1.807, 2.05) is 13.0 Å². The number of hydrogen-bond acceptors (Lipinski definition) is 3. The monoisotopic (exact) mass is 207 g/mol. The van der Waals surface area contributed by atoms with Gasteiger partial charge in [0.25, 0.3) is 0 Å². The lowest BCUT2D eigenvalue weighted by Gasteiger charge is -2.01. The first kappa shape index (κ1) is 11.7. The predicted octanol–water partition coefficient (Wildman–Crippen LogP) is 1.97. The fraction of sp³-hybridized carbons (Fsp3) is 0.417. The molecule has 0 atom stereocenters. The molecule has 0 fully saturated rings. The average Bonchev–Trinajstić information content (AvgIpc) is 2.24. The summed E-state index contributed by atoms with van der Waals surface area (Å²) in [5.74, 6) is 0.261. The first-order valence-corrected chi connectivity index (χ1v) is 5.15. The smallest absolute Gasteiger partial charge is 0.116 e. The molecule has 1 aromatic rings. The maximum Gasteiger partial charge on any atom is 0.116 e. The van der Waals surface area contributed by atoms with Crippen LogP contribution in [0.5, 0.6) is 5.75 Å². The van der Waals surface area contributed by atoms with Crippen LogP contribution in [0.3, 0.4) is 0 Å². The molecule has 3 heteroatoms. The van der Waals surface area contributed by atoms with Gasteiger partial charge in [0, 0.05) is 18.9 Å². The van der Waals surface area contributed by atoms with E-state index < -0.39 is 0 Å². The minimum absolute atomic E-state index is 0.223. The van der Waals surface area contributed by atoms with Crippen molar-refractivity contribution >= 4 is 5.71 Å². The van der Waals surface area contributed by atoms with E-state index in [1.165, 1.54) is 0 Å². The van der Waals surface area contributed by atoms with Crippen LogP contribution in [0.2, 0.25) is 0 Å². The van der Waals surface area contributed by atoms with Crippen molar-refractivity contribution in [2.45, 2.75) is 19.8 Å². The van der Waals surface area contributed by atoms with Crippen molar-refractivity contribution in [3.05, 3.63) is 29.8 Å². The van der Waals surface area contributed by atoms with E-state index in [0.717, 1.165) is 30.7 Å². The van der Waals surface area contributed by atoms with Crippen molar-refractivity contribution in [2.75, 3.05) is 13.2 Å². The molecule has 2 N–H and O–H groups in total. The van der Waals surface area contributed by atoms with Crippen LogP contribution in [-0.2, 0) is 0 Å². The van der Waals surface area contributed by atoms with E-state index in [0.29, 0.717) is 0 Å². The van der Waals surface area contributed by atoms with Gasteiger partial charge in [0.2, 0.25) is 0 Å². The fourth-order valence-electron chi connectivity index (χ4n) is 1.29. The summed E-state index contributed by atoms with van der Waals surface area (Å²) in [6.07, 6.45) is 1.68. The standard InChI is InChI=1S/C12H17NO2/c1-10(13-7-2-3-8-14)11-5-4-6-12(15)9-11/h4-6,9,14-15H,2-3,7-8H2,1H3. The third kappa shape index (κ3) is 4.13. The highest BCUT2D eigenvalue weighted by atomic mass is 16.3. The van der Waals surface area contributed by atoms with Crippen LogP contribution in [-0.4, -0.2) is 29.1 Å². The van der Waals surface area contributed by atoms with Gasteiger partial charge in [0.15, 0.2) is 0 Å². The fourth-order valence-corrected chi connectivity index (χ4v) is 1.29. The predicted molar refractivity (Wildman–Crippen MR) is 61.5 cm³/mol. The maximum atomic E-state index is 9.28. The Balaban J connectivity index is 2.55. The molecule has 82 valence electrons. The molecule has 1 rings (SSSR count). The number of benzene rings is 1. The molecule has 0 saturated heterocycles. The van der Waals surface area contributed by atoms with E-state index in [-0.39, 0.29) is 12.4 Å². The summed E-state index contributed by atoms with van der Waals surface area (Å²) in [7, 11) is 0. The Hall–Kier alpha value is -1.35. The van der Waals surface area contributed by atoms with Gasteiger partial charge in [-0.25, -0.2) is 0 Å². The molecular formula is C12H17NO2. The van der Waals surface area contributed by atoms with Gasteiger partial charge in [-0.15, -0.1) is 0 Å². The lowest BCUT2D eigenvalue weighted by molar-refractivity contribution is 0.285. The molecule has 0 aromatic heterocycles. The van der Waals surface area contributed by atoms with Crippen molar-refractivity contribution < 1.29 is 10.2 Å². The first-order chi connectivity index (χ1) is 7.24. The quantitative estimate of drug-likeness (QED) is 0.573. The van der Waals surface area contributed by atoms with Crippen LogP contribution in [0, 0.1) is 0 Å². The molecule has 0 heterocycles. The Morgan fingerprint density at radius 1 is 1.33 bits per heavy atom. The number of aliphatic hydroxyl groups is 1. The highest BCUT2D eigenvalue weighted by molar-refractivity contribution is 5.98. The van der Waals surface area contributed by atoms with Crippen LogP contribution >= 0.6 is 0 Å². The Labute approximate surface area is 90.1 Å². The Bertz CT molecular complexity index is 334. The number of aromatic hydroxyl groups is 1. The van der Waals surface area contributed by atoms with Crippen LogP contribution < -0.4 is 0 Å². The zero-order valence-corrected chi connectivity index (χ0v) is 8.98. The summed E-state index contributed by atoms with van der Waals surface area (Å²) in [5.41, 5.74) is 1.86. The van der Waals surface area contributed by atoms with E-state index in [9.17, 15) is 5.11 Å². The number of aliphatic hydroxyl groups excluding tert-OH is 1. The first-order valence-electron chi connectivity index (χ1n) is 5.15. The highest BCUT2D eigenvalue weighted by Gasteiger charge is 1.97. The lowest BCUT2D eigenvalue weighted by Crippen LogP contribution is -1.96. The maximum absolute atomic E-state index is 9.28. The molecule has 0 aliphatic heterocycles. The SMILES string of the molecule is CC(=NCCCCO)c1cccc(O)c1. The summed E-state index contributed by atoms with van der Waals surface area (Å²) >= 11 is 0. The molecule has 0 bridgehead atoms. The second-order valence-corrected chi connectivity index (χ2v) is 3.45. The molecule has 0 aliphatic carbocycles. The van der Waals surface area contributed by atoms with Crippen molar-refractivity contribution in [3.63, 3.8) is 0 Å². The number of hydrogen-bond donors (Lipinski definition) is 2. The molecule has 1 aromatic carbocycles. The zero-order chi connectivity index (χ0) is 11.1. The second kappa shape index (κ2) is 6.19. The number of aliphatic imine (C=N–C) groups is 1. The van der Waals surface area contributed by atoms with Gasteiger partial charge in [-0.1, -0.05) is 12.1 Å². The average molecular weight is 207 g/mol. The summed E-state index contributed by atoms with van der Waals surface area (Å²) < 4.78 is 0. The van der Waals surface area contributed by atoms with Gasteiger partial charge >= 0.3 is 0 Å². The minimum atomic E-state index is 0.223. The summed E-state index contributed by atoms with van der Waals surface area (Å²) in [6.45, 7) is 2.87. The number of phenols is 1. The number of rotatable bonds is 5. The lowest BCUT2D eigenvalue weighted by atomic mass is 10.1. The molecule has 0 amide bonds. The molecule has 0 aliphatic rings. The molecular weight excluding hydrogens is 190 g/mol. The normalized spacial score (nSPS) is 11.7. The van der Waals surface area contributed by atoms with Gasteiger partial charge in [-0.2, -0.15) is 0 Å². The van der Waals surface area contributed by atoms with Gasteiger partial charge in [-0.3, -0.25) is 4.99 Å². The van der Waals surface area contributed by atoms with Crippen molar-refractivity contribution in [3.8, 4) is 5.75 Å². The largest absolute Gasteiger partial charge is 0.508 e. The van der Waals surface area contributed by atoms with Crippen LogP contribution in [0.25, 0.3) is 0 Å². The Morgan fingerprint density at radius 3 is 2.80 bits per heavy atom.